The largest absolute Gasteiger partial charge is 0.278 e. The Labute approximate surface area is 664 Å². The predicted octanol–water partition coefficient (Wildman–Crippen LogP) is 26.1. The molecule has 11 nitrogen and oxygen atoms in total. The molecule has 0 spiro atoms. The summed E-state index contributed by atoms with van der Waals surface area (Å²) in [6.07, 6.45) is 0. The van der Waals surface area contributed by atoms with Crippen LogP contribution in [0.25, 0.3) is 222 Å². The van der Waals surface area contributed by atoms with Crippen molar-refractivity contribution in [3.8, 4) is 102 Å². The Morgan fingerprint density at radius 2 is 0.491 bits per heavy atom. The molecule has 0 fully saturated rings. The molecular weight excluding hydrogens is 1420 g/mol. The summed E-state index contributed by atoms with van der Waals surface area (Å²) in [5.74, 6) is 2.30. The molecule has 0 saturated heterocycles. The van der Waals surface area contributed by atoms with Crippen LogP contribution in [0, 0.1) is 0 Å². The quantitative estimate of drug-likeness (QED) is 0.134. The van der Waals surface area contributed by atoms with Crippen LogP contribution < -0.4 is 0 Å². The van der Waals surface area contributed by atoms with E-state index in [1.807, 2.05) is 42.5 Å². The van der Waals surface area contributed by atoms with Gasteiger partial charge in [-0.05, 0) is 147 Å². The SMILES string of the molecule is c1ccc(-c2cc(-c3cccc(-c4cc5c6ccccc6n(-c6nc7ccccc7c7nc8ccccc8n67)c5c5ccccc45)c3)cc(-c3ccccc3)n2)cc1.c1ccc(-c2cc(-c3ccccc3)nc(-c3cccc(-c4cc5c6ccccc6n(-c6nc7ccccc7c7nc8ccccc8n67)c5c5ccccc45)c3)n2)cc1. The first-order valence-corrected chi connectivity index (χ1v) is 39.1. The fourth-order valence-electron chi connectivity index (χ4n) is 17.5. The van der Waals surface area contributed by atoms with Gasteiger partial charge in [0.1, 0.15) is 11.3 Å². The molecular formula is C105H65N11. The maximum Gasteiger partial charge on any atom is 0.221 e. The topological polar surface area (TPSA) is 109 Å². The van der Waals surface area contributed by atoms with Gasteiger partial charge < -0.3 is 0 Å². The van der Waals surface area contributed by atoms with Gasteiger partial charge in [-0.2, -0.15) is 0 Å². The average Bonchev–Trinajstić information content (AvgIpc) is 1.55. The first-order chi connectivity index (χ1) is 57.5. The van der Waals surface area contributed by atoms with Crippen LogP contribution in [-0.4, -0.2) is 52.8 Å². The van der Waals surface area contributed by atoms with Gasteiger partial charge in [-0.1, -0.05) is 291 Å². The zero-order valence-corrected chi connectivity index (χ0v) is 62.4. The zero-order chi connectivity index (χ0) is 76.3. The second kappa shape index (κ2) is 27.0. The molecule has 0 unspecified atom stereocenters. The van der Waals surface area contributed by atoms with Gasteiger partial charge in [-0.3, -0.25) is 17.9 Å². The molecule has 540 valence electrons. The number of hydrogen-bond acceptors (Lipinski definition) is 7. The summed E-state index contributed by atoms with van der Waals surface area (Å²) in [4.78, 5) is 36.7. The summed E-state index contributed by atoms with van der Waals surface area (Å²) in [6, 6.07) is 139. The van der Waals surface area contributed by atoms with Gasteiger partial charge in [0.15, 0.2) is 5.82 Å². The number of rotatable bonds is 10. The smallest absolute Gasteiger partial charge is 0.221 e. The Morgan fingerprint density at radius 3 is 0.922 bits per heavy atom. The highest BCUT2D eigenvalue weighted by atomic mass is 15.2. The highest BCUT2D eigenvalue weighted by molar-refractivity contribution is 6.24. The standard InChI is InChI=1S/C53H33N5.C52H32N6/c1-3-16-34(17-4-1)47-31-38(32-48(54-47)35-18-5-2-6-19-35)36-20-15-21-37(30-36)43-33-44-40-23-10-13-28-49(40)57(51(44)41-24-8-7-22-39(41)43)53-56-45-26-11-9-25-42(45)52-55-46-27-12-14-29-50(46)58(52)53;1-3-16-33(17-4-1)45-32-46(34-18-5-2-6-19-34)54-50(53-45)36-21-15-20-35(30-36)41-31-42-38-23-10-13-28-47(38)57(49(42)39-24-8-7-22-37(39)41)52-56-43-26-11-9-25-40(43)51-55-44-27-12-14-29-48(44)58(51)52/h1-33H;1-32H. The summed E-state index contributed by atoms with van der Waals surface area (Å²) < 4.78 is 9.16. The van der Waals surface area contributed by atoms with E-state index in [2.05, 4.69) is 370 Å². The van der Waals surface area contributed by atoms with E-state index >= 15 is 0 Å². The molecule has 24 aromatic rings. The highest BCUT2D eigenvalue weighted by Gasteiger charge is 2.27. The number of benzene rings is 16. The molecule has 0 aliphatic rings. The molecule has 0 aliphatic carbocycles. The Balaban J connectivity index is 0.000000137. The maximum absolute atomic E-state index is 5.44. The van der Waals surface area contributed by atoms with Gasteiger partial charge in [-0.25, -0.2) is 34.9 Å². The van der Waals surface area contributed by atoms with Crippen molar-refractivity contribution in [1.82, 2.24) is 52.8 Å². The molecule has 24 rings (SSSR count). The number of nitrogens with zero attached hydrogens (tertiary/aromatic N) is 11. The Hall–Kier alpha value is -15.9. The number of pyridine rings is 1. The van der Waals surface area contributed by atoms with Crippen LogP contribution >= 0.6 is 0 Å². The number of para-hydroxylation sites is 8. The van der Waals surface area contributed by atoms with Crippen LogP contribution in [-0.2, 0) is 0 Å². The van der Waals surface area contributed by atoms with E-state index in [0.717, 1.165) is 194 Å². The molecule has 11 heteroatoms. The van der Waals surface area contributed by atoms with Crippen molar-refractivity contribution < 1.29 is 0 Å². The molecule has 0 N–H and O–H groups in total. The second-order valence-corrected chi connectivity index (χ2v) is 29.5. The van der Waals surface area contributed by atoms with E-state index in [4.69, 9.17) is 34.9 Å². The molecule has 16 aromatic carbocycles. The third-order valence-electron chi connectivity index (χ3n) is 22.8. The van der Waals surface area contributed by atoms with Crippen molar-refractivity contribution in [2.75, 3.05) is 0 Å². The predicted molar refractivity (Wildman–Crippen MR) is 477 cm³/mol. The Morgan fingerprint density at radius 1 is 0.172 bits per heavy atom. The molecule has 116 heavy (non-hydrogen) atoms. The molecule has 0 saturated carbocycles. The Kier molecular flexibility index (Phi) is 15.3. The van der Waals surface area contributed by atoms with E-state index in [9.17, 15) is 0 Å². The van der Waals surface area contributed by atoms with Crippen LogP contribution in [0.3, 0.4) is 0 Å². The summed E-state index contributed by atoms with van der Waals surface area (Å²) >= 11 is 0. The molecule has 8 heterocycles. The summed E-state index contributed by atoms with van der Waals surface area (Å²) in [7, 11) is 0. The monoisotopic (exact) mass is 1480 g/mol. The first kappa shape index (κ1) is 66.0. The van der Waals surface area contributed by atoms with Crippen LogP contribution in [0.4, 0.5) is 0 Å². The number of fused-ring (bicyclic) bond motifs is 20. The highest BCUT2D eigenvalue weighted by Crippen LogP contribution is 2.46. The molecule has 0 amide bonds. The molecule has 0 radical (unpaired) electrons. The minimum atomic E-state index is 0.683. The summed E-state index contributed by atoms with van der Waals surface area (Å²) in [5.41, 5.74) is 27.6. The van der Waals surface area contributed by atoms with Gasteiger partial charge in [0.25, 0.3) is 0 Å². The van der Waals surface area contributed by atoms with Crippen molar-refractivity contribution in [2.45, 2.75) is 0 Å². The fourth-order valence-corrected chi connectivity index (χ4v) is 17.5. The summed E-state index contributed by atoms with van der Waals surface area (Å²) in [5, 5.41) is 11.3. The van der Waals surface area contributed by atoms with Crippen molar-refractivity contribution >= 4 is 120 Å². The van der Waals surface area contributed by atoms with Crippen molar-refractivity contribution in [2.24, 2.45) is 0 Å². The average molecular weight is 1480 g/mol. The van der Waals surface area contributed by atoms with Crippen molar-refractivity contribution in [3.05, 3.63) is 394 Å². The van der Waals surface area contributed by atoms with Gasteiger partial charge >= 0.3 is 0 Å². The second-order valence-electron chi connectivity index (χ2n) is 29.5. The van der Waals surface area contributed by atoms with Gasteiger partial charge in [0.2, 0.25) is 11.9 Å². The lowest BCUT2D eigenvalue weighted by Gasteiger charge is -2.15. The van der Waals surface area contributed by atoms with E-state index in [-0.39, 0.29) is 0 Å². The lowest BCUT2D eigenvalue weighted by Crippen LogP contribution is -2.06. The van der Waals surface area contributed by atoms with Crippen molar-refractivity contribution in [1.29, 1.82) is 0 Å². The van der Waals surface area contributed by atoms with Gasteiger partial charge in [-0.15, -0.1) is 0 Å². The number of imidazole rings is 2. The van der Waals surface area contributed by atoms with Crippen LogP contribution in [0.2, 0.25) is 0 Å². The van der Waals surface area contributed by atoms with E-state index in [1.165, 1.54) is 21.7 Å². The van der Waals surface area contributed by atoms with Crippen LogP contribution in [0.5, 0.6) is 0 Å². The minimum Gasteiger partial charge on any atom is -0.278 e. The Bertz CT molecular complexity index is 7490. The lowest BCUT2D eigenvalue weighted by atomic mass is 9.92. The molecule has 0 aliphatic heterocycles. The number of aromatic nitrogens is 11. The minimum absolute atomic E-state index is 0.683. The van der Waals surface area contributed by atoms with Crippen molar-refractivity contribution in [3.63, 3.8) is 0 Å². The van der Waals surface area contributed by atoms with Crippen LogP contribution in [0.1, 0.15) is 0 Å². The third kappa shape index (κ3) is 10.9. The zero-order valence-electron chi connectivity index (χ0n) is 62.4. The van der Waals surface area contributed by atoms with E-state index in [1.54, 1.807) is 0 Å². The van der Waals surface area contributed by atoms with Gasteiger partial charge in [0.05, 0.1) is 77.9 Å². The van der Waals surface area contributed by atoms with Crippen LogP contribution in [0.15, 0.2) is 394 Å². The first-order valence-electron chi connectivity index (χ1n) is 39.1. The van der Waals surface area contributed by atoms with E-state index in [0.29, 0.717) is 5.82 Å². The van der Waals surface area contributed by atoms with E-state index < -0.39 is 0 Å². The lowest BCUT2D eigenvalue weighted by molar-refractivity contribution is 0.981. The third-order valence-corrected chi connectivity index (χ3v) is 22.8. The molecule has 0 atom stereocenters. The summed E-state index contributed by atoms with van der Waals surface area (Å²) in [6.45, 7) is 0. The normalized spacial score (nSPS) is 11.8. The fraction of sp³-hybridized carbons (Fsp3) is 0. The molecule has 0 bridgehead atoms. The maximum atomic E-state index is 5.44. The number of hydrogen-bond donors (Lipinski definition) is 0. The van der Waals surface area contributed by atoms with Gasteiger partial charge in [0, 0.05) is 70.9 Å². The molecule has 8 aromatic heterocycles.